The number of aromatic nitrogens is 1. The number of nitrogens with zero attached hydrogens (tertiary/aromatic N) is 3. The molecule has 0 amide bonds. The molecule has 3 heterocycles. The van der Waals surface area contributed by atoms with Crippen molar-refractivity contribution in [3.8, 4) is 0 Å². The van der Waals surface area contributed by atoms with E-state index in [2.05, 4.69) is 9.88 Å². The van der Waals surface area contributed by atoms with Crippen LogP contribution in [0.15, 0.2) is 6.07 Å². The average Bonchev–Trinajstić information content (AvgIpc) is 2.77. The van der Waals surface area contributed by atoms with Crippen LogP contribution in [0.1, 0.15) is 40.9 Å². The van der Waals surface area contributed by atoms with Crippen LogP contribution < -0.4 is 4.90 Å². The number of pyridine rings is 1. The average molecular weight is 325 g/mol. The van der Waals surface area contributed by atoms with Gasteiger partial charge in [-0.25, -0.2) is 18.6 Å². The summed E-state index contributed by atoms with van der Waals surface area (Å²) in [5.74, 6) is -2.64. The molecule has 7 heteroatoms. The SMILES string of the molecule is COC(=O)c1cc2c(nc1N1CCCC(F)(F)CC1)CN(C)C2. The lowest BCUT2D eigenvalue weighted by molar-refractivity contribution is -0.0102. The van der Waals surface area contributed by atoms with Gasteiger partial charge in [0, 0.05) is 39.0 Å². The first kappa shape index (κ1) is 16.1. The second-order valence-electron chi connectivity index (χ2n) is 6.33. The van der Waals surface area contributed by atoms with Crippen molar-refractivity contribution in [1.29, 1.82) is 0 Å². The van der Waals surface area contributed by atoms with E-state index in [-0.39, 0.29) is 19.4 Å². The molecule has 0 aromatic carbocycles. The summed E-state index contributed by atoms with van der Waals surface area (Å²) in [5.41, 5.74) is 2.27. The van der Waals surface area contributed by atoms with Crippen LogP contribution in [0.5, 0.6) is 0 Å². The molecule has 5 nitrogen and oxygen atoms in total. The number of carbonyl (C=O) groups excluding carboxylic acids is 1. The van der Waals surface area contributed by atoms with Gasteiger partial charge in [0.2, 0.25) is 5.92 Å². The van der Waals surface area contributed by atoms with Crippen molar-refractivity contribution >= 4 is 11.8 Å². The molecule has 23 heavy (non-hydrogen) atoms. The predicted octanol–water partition coefficient (Wildman–Crippen LogP) is 2.44. The Bertz CT molecular complexity index is 622. The van der Waals surface area contributed by atoms with E-state index in [0.717, 1.165) is 17.8 Å². The molecule has 0 N–H and O–H groups in total. The van der Waals surface area contributed by atoms with E-state index >= 15 is 0 Å². The number of hydrogen-bond acceptors (Lipinski definition) is 5. The van der Waals surface area contributed by atoms with Crippen molar-refractivity contribution in [3.63, 3.8) is 0 Å². The molecule has 2 aliphatic heterocycles. The Hall–Kier alpha value is -1.76. The Balaban J connectivity index is 1.97. The lowest BCUT2D eigenvalue weighted by atomic mass is 10.1. The minimum atomic E-state index is -2.64. The molecule has 0 spiro atoms. The molecular formula is C16H21F2N3O2. The van der Waals surface area contributed by atoms with E-state index in [1.165, 1.54) is 7.11 Å². The van der Waals surface area contributed by atoms with Crippen molar-refractivity contribution in [2.45, 2.75) is 38.3 Å². The number of carbonyl (C=O) groups is 1. The molecule has 0 bridgehead atoms. The van der Waals surface area contributed by atoms with E-state index in [1.807, 2.05) is 7.05 Å². The van der Waals surface area contributed by atoms with Crippen LogP contribution in [-0.4, -0.2) is 49.0 Å². The zero-order valence-corrected chi connectivity index (χ0v) is 13.4. The molecule has 1 fully saturated rings. The van der Waals surface area contributed by atoms with E-state index in [0.29, 0.717) is 30.9 Å². The minimum absolute atomic E-state index is 0.120. The van der Waals surface area contributed by atoms with E-state index in [9.17, 15) is 13.6 Å². The first-order valence-corrected chi connectivity index (χ1v) is 7.82. The van der Waals surface area contributed by atoms with Crippen molar-refractivity contribution in [1.82, 2.24) is 9.88 Å². The fourth-order valence-electron chi connectivity index (χ4n) is 3.24. The third-order valence-electron chi connectivity index (χ3n) is 4.45. The molecule has 0 aliphatic carbocycles. The summed E-state index contributed by atoms with van der Waals surface area (Å²) in [5, 5.41) is 0. The molecule has 0 radical (unpaired) electrons. The number of hydrogen-bond donors (Lipinski definition) is 0. The number of esters is 1. The summed E-state index contributed by atoms with van der Waals surface area (Å²) in [4.78, 5) is 20.6. The molecule has 126 valence electrons. The zero-order chi connectivity index (χ0) is 16.6. The number of halogens is 2. The van der Waals surface area contributed by atoms with Gasteiger partial charge in [-0.15, -0.1) is 0 Å². The summed E-state index contributed by atoms with van der Waals surface area (Å²) < 4.78 is 32.1. The molecule has 1 aromatic heterocycles. The Morgan fingerprint density at radius 3 is 2.83 bits per heavy atom. The van der Waals surface area contributed by atoms with Crippen LogP contribution in [0.4, 0.5) is 14.6 Å². The number of fused-ring (bicyclic) bond motifs is 1. The van der Waals surface area contributed by atoms with Gasteiger partial charge < -0.3 is 9.64 Å². The van der Waals surface area contributed by atoms with Gasteiger partial charge in [0.1, 0.15) is 11.4 Å². The van der Waals surface area contributed by atoms with Gasteiger partial charge in [-0.2, -0.15) is 0 Å². The number of ether oxygens (including phenoxy) is 1. The van der Waals surface area contributed by atoms with Crippen LogP contribution in [0.2, 0.25) is 0 Å². The van der Waals surface area contributed by atoms with Crippen molar-refractivity contribution in [3.05, 3.63) is 22.9 Å². The lowest BCUT2D eigenvalue weighted by Crippen LogP contribution is -2.29. The van der Waals surface area contributed by atoms with Crippen LogP contribution >= 0.6 is 0 Å². The molecule has 1 saturated heterocycles. The van der Waals surface area contributed by atoms with Crippen LogP contribution in [-0.2, 0) is 17.8 Å². The maximum Gasteiger partial charge on any atom is 0.341 e. The van der Waals surface area contributed by atoms with E-state index in [4.69, 9.17) is 4.74 Å². The maximum absolute atomic E-state index is 13.6. The third kappa shape index (κ3) is 3.29. The van der Waals surface area contributed by atoms with Crippen molar-refractivity contribution < 1.29 is 18.3 Å². The molecule has 1 aromatic rings. The van der Waals surface area contributed by atoms with Crippen molar-refractivity contribution in [2.75, 3.05) is 32.1 Å². The molecular weight excluding hydrogens is 304 g/mol. The first-order chi connectivity index (χ1) is 10.9. The highest BCUT2D eigenvalue weighted by Gasteiger charge is 2.34. The molecule has 0 atom stereocenters. The topological polar surface area (TPSA) is 45.7 Å². The highest BCUT2D eigenvalue weighted by atomic mass is 19.3. The second kappa shape index (κ2) is 6.03. The number of alkyl halides is 2. The molecule has 3 rings (SSSR count). The summed E-state index contributed by atoms with van der Waals surface area (Å²) in [7, 11) is 3.30. The first-order valence-electron chi connectivity index (χ1n) is 7.82. The summed E-state index contributed by atoms with van der Waals surface area (Å²) >= 11 is 0. The van der Waals surface area contributed by atoms with Gasteiger partial charge in [0.15, 0.2) is 0 Å². The summed E-state index contributed by atoms with van der Waals surface area (Å²) in [6.45, 7) is 2.10. The highest BCUT2D eigenvalue weighted by molar-refractivity contribution is 5.95. The lowest BCUT2D eigenvalue weighted by Gasteiger charge is -2.24. The summed E-state index contributed by atoms with van der Waals surface area (Å²) in [6, 6.07) is 1.80. The molecule has 2 aliphatic rings. The monoisotopic (exact) mass is 325 g/mol. The van der Waals surface area contributed by atoms with Crippen LogP contribution in [0.3, 0.4) is 0 Å². The number of methoxy groups -OCH3 is 1. The number of anilines is 1. The van der Waals surface area contributed by atoms with E-state index in [1.54, 1.807) is 11.0 Å². The van der Waals surface area contributed by atoms with Gasteiger partial charge in [-0.3, -0.25) is 4.90 Å². The maximum atomic E-state index is 13.6. The Labute approximate surface area is 134 Å². The number of rotatable bonds is 2. The van der Waals surface area contributed by atoms with Gasteiger partial charge in [0.05, 0.1) is 12.8 Å². The van der Waals surface area contributed by atoms with Crippen LogP contribution in [0.25, 0.3) is 0 Å². The Kier molecular flexibility index (Phi) is 4.23. The normalized spacial score (nSPS) is 21.0. The third-order valence-corrected chi connectivity index (χ3v) is 4.45. The quantitative estimate of drug-likeness (QED) is 0.782. The fourth-order valence-corrected chi connectivity index (χ4v) is 3.24. The van der Waals surface area contributed by atoms with Crippen molar-refractivity contribution in [2.24, 2.45) is 0 Å². The van der Waals surface area contributed by atoms with Gasteiger partial charge in [0.25, 0.3) is 0 Å². The zero-order valence-electron chi connectivity index (χ0n) is 13.4. The standard InChI is InChI=1S/C16H21F2N3O2/c1-20-9-11-8-12(15(22)23-2)14(19-13(11)10-20)21-6-3-4-16(17,18)5-7-21/h8H,3-7,9-10H2,1-2H3. The second-order valence-corrected chi connectivity index (χ2v) is 6.33. The fraction of sp³-hybridized carbons (Fsp3) is 0.625. The Morgan fingerprint density at radius 1 is 1.30 bits per heavy atom. The molecule has 0 unspecified atom stereocenters. The van der Waals surface area contributed by atoms with Gasteiger partial charge >= 0.3 is 5.97 Å². The minimum Gasteiger partial charge on any atom is -0.465 e. The largest absolute Gasteiger partial charge is 0.465 e. The predicted molar refractivity (Wildman–Crippen MR) is 81.8 cm³/mol. The molecule has 0 saturated carbocycles. The van der Waals surface area contributed by atoms with E-state index < -0.39 is 11.9 Å². The van der Waals surface area contributed by atoms with Gasteiger partial charge in [-0.1, -0.05) is 0 Å². The van der Waals surface area contributed by atoms with Gasteiger partial charge in [-0.05, 0) is 25.1 Å². The van der Waals surface area contributed by atoms with Crippen LogP contribution in [0, 0.1) is 0 Å². The Morgan fingerprint density at radius 2 is 2.09 bits per heavy atom. The smallest absolute Gasteiger partial charge is 0.341 e. The summed E-state index contributed by atoms with van der Waals surface area (Å²) in [6.07, 6.45) is 0.0449. The highest BCUT2D eigenvalue weighted by Crippen LogP contribution is 2.32.